The Morgan fingerprint density at radius 1 is 0.396 bits per heavy atom. The zero-order valence-corrected chi connectivity index (χ0v) is 25.8. The van der Waals surface area contributed by atoms with E-state index in [4.69, 9.17) is 0 Å². The number of nitriles is 2. The van der Waals surface area contributed by atoms with Gasteiger partial charge in [-0.25, -0.2) is 0 Å². The predicted molar refractivity (Wildman–Crippen MR) is 195 cm³/mol. The van der Waals surface area contributed by atoms with Crippen molar-refractivity contribution in [3.8, 4) is 45.8 Å². The summed E-state index contributed by atoms with van der Waals surface area (Å²) in [6, 6.07) is 58.8. The molecule has 9 aromatic rings. The van der Waals surface area contributed by atoms with Crippen LogP contribution >= 0.6 is 0 Å². The Labute approximate surface area is 277 Å². The van der Waals surface area contributed by atoms with Crippen molar-refractivity contribution in [3.63, 3.8) is 0 Å². The summed E-state index contributed by atoms with van der Waals surface area (Å²) in [6.45, 7) is 0. The molecule has 7 aromatic carbocycles. The monoisotopic (exact) mass is 610 g/mol. The van der Waals surface area contributed by atoms with E-state index in [2.05, 4.69) is 124 Å². The molecule has 0 saturated carbocycles. The maximum Gasteiger partial charge on any atom is 0.101 e. The molecule has 222 valence electrons. The molecule has 9 rings (SSSR count). The van der Waals surface area contributed by atoms with Crippen LogP contribution in [0.25, 0.3) is 77.2 Å². The van der Waals surface area contributed by atoms with Gasteiger partial charge in [0.15, 0.2) is 0 Å². The first-order valence-electron chi connectivity index (χ1n) is 15.9. The van der Waals surface area contributed by atoms with E-state index in [0.717, 1.165) is 66.5 Å². The van der Waals surface area contributed by atoms with E-state index in [0.29, 0.717) is 11.1 Å². The van der Waals surface area contributed by atoms with Gasteiger partial charge in [0.05, 0.1) is 38.9 Å². The topological polar surface area (TPSA) is 57.4 Å². The molecule has 0 spiro atoms. The van der Waals surface area contributed by atoms with E-state index >= 15 is 0 Å². The number of hydrogen-bond acceptors (Lipinski definition) is 2. The van der Waals surface area contributed by atoms with E-state index in [1.807, 2.05) is 54.6 Å². The van der Waals surface area contributed by atoms with Crippen LogP contribution in [0.2, 0.25) is 0 Å². The lowest BCUT2D eigenvalue weighted by atomic mass is 9.91. The maximum absolute atomic E-state index is 10.7. The average Bonchev–Trinajstić information content (AvgIpc) is 3.68. The highest BCUT2D eigenvalue weighted by Gasteiger charge is 2.20. The van der Waals surface area contributed by atoms with Crippen molar-refractivity contribution < 1.29 is 0 Å². The lowest BCUT2D eigenvalue weighted by Gasteiger charge is -2.17. The fraction of sp³-hybridized carbons (Fsp3) is 0. The Morgan fingerprint density at radius 3 is 1.58 bits per heavy atom. The molecule has 2 heterocycles. The molecule has 0 radical (unpaired) electrons. The minimum absolute atomic E-state index is 0.607. The third-order valence-electron chi connectivity index (χ3n) is 9.44. The lowest BCUT2D eigenvalue weighted by molar-refractivity contribution is 1.18. The van der Waals surface area contributed by atoms with Gasteiger partial charge in [0.25, 0.3) is 0 Å². The molecule has 0 atom stereocenters. The summed E-state index contributed by atoms with van der Waals surface area (Å²) in [4.78, 5) is 0. The van der Waals surface area contributed by atoms with Gasteiger partial charge in [0, 0.05) is 43.9 Å². The quantitative estimate of drug-likeness (QED) is 0.199. The van der Waals surface area contributed by atoms with E-state index in [-0.39, 0.29) is 0 Å². The molecule has 0 amide bonds. The van der Waals surface area contributed by atoms with Gasteiger partial charge in [-0.1, -0.05) is 115 Å². The third kappa shape index (κ3) is 4.01. The summed E-state index contributed by atoms with van der Waals surface area (Å²) < 4.78 is 4.47. The highest BCUT2D eigenvalue weighted by molar-refractivity contribution is 6.12. The summed E-state index contributed by atoms with van der Waals surface area (Å²) in [6.07, 6.45) is 0. The molecule has 0 unspecified atom stereocenters. The van der Waals surface area contributed by atoms with Crippen molar-refractivity contribution in [2.45, 2.75) is 0 Å². The highest BCUT2D eigenvalue weighted by atomic mass is 15.0. The summed E-state index contributed by atoms with van der Waals surface area (Å²) in [5, 5.41) is 25.4. The Kier molecular flexibility index (Phi) is 6.22. The van der Waals surface area contributed by atoms with Crippen LogP contribution in [0.3, 0.4) is 0 Å². The van der Waals surface area contributed by atoms with Crippen LogP contribution in [-0.4, -0.2) is 9.13 Å². The second-order valence-corrected chi connectivity index (χ2v) is 11.9. The molecule has 48 heavy (non-hydrogen) atoms. The van der Waals surface area contributed by atoms with Crippen molar-refractivity contribution in [1.82, 2.24) is 9.13 Å². The van der Waals surface area contributed by atoms with Crippen LogP contribution in [0.4, 0.5) is 0 Å². The molecule has 4 heteroatoms. The van der Waals surface area contributed by atoms with Gasteiger partial charge >= 0.3 is 0 Å². The van der Waals surface area contributed by atoms with Crippen molar-refractivity contribution in [2.24, 2.45) is 0 Å². The first kappa shape index (κ1) is 27.4. The first-order valence-corrected chi connectivity index (χ1v) is 15.9. The smallest absolute Gasteiger partial charge is 0.101 e. The maximum atomic E-state index is 10.7. The zero-order chi connectivity index (χ0) is 32.2. The SMILES string of the molecule is N#Cc1c(-c2ccc(-n3c4ccccc4c4ccccc43)cc2)cccc1-c1ccccc1-n1c2ccccc2c2cccc(C#N)c21. The number of para-hydroxylation sites is 5. The van der Waals surface area contributed by atoms with Crippen LogP contribution < -0.4 is 0 Å². The summed E-state index contributed by atoms with van der Waals surface area (Å²) >= 11 is 0. The van der Waals surface area contributed by atoms with Crippen molar-refractivity contribution in [1.29, 1.82) is 10.5 Å². The summed E-state index contributed by atoms with van der Waals surface area (Å²) in [5.74, 6) is 0. The molecule has 4 nitrogen and oxygen atoms in total. The van der Waals surface area contributed by atoms with Crippen molar-refractivity contribution >= 4 is 43.6 Å². The summed E-state index contributed by atoms with van der Waals surface area (Å²) in [5.41, 5.74) is 11.0. The molecule has 0 fully saturated rings. The standard InChI is InChI=1S/C44H26N4/c45-27-30-11-9-18-38-37-15-4-8-22-43(37)48(44(30)38)42-21-7-1-12-34(42)33-17-10-16-32(39(33)28-46)29-23-25-31(26-24-29)47-40-19-5-2-13-35(40)36-14-3-6-20-41(36)47/h1-26H. The van der Waals surface area contributed by atoms with E-state index < -0.39 is 0 Å². The largest absolute Gasteiger partial charge is 0.309 e. The van der Waals surface area contributed by atoms with E-state index in [1.54, 1.807) is 0 Å². The van der Waals surface area contributed by atoms with Crippen molar-refractivity contribution in [2.75, 3.05) is 0 Å². The van der Waals surface area contributed by atoms with Crippen molar-refractivity contribution in [3.05, 3.63) is 169 Å². The number of rotatable bonds is 4. The van der Waals surface area contributed by atoms with Gasteiger partial charge in [-0.05, 0) is 48.0 Å². The molecule has 0 N–H and O–H groups in total. The Balaban J connectivity index is 1.21. The minimum atomic E-state index is 0.607. The van der Waals surface area contributed by atoms with E-state index in [1.165, 1.54) is 10.8 Å². The Hall–Kier alpha value is -6.88. The first-order chi connectivity index (χ1) is 23.8. The number of aromatic nitrogens is 2. The molecule has 2 aromatic heterocycles. The molecular formula is C44H26N4. The molecule has 0 bridgehead atoms. The second kappa shape index (κ2) is 10.9. The normalized spacial score (nSPS) is 11.3. The minimum Gasteiger partial charge on any atom is -0.309 e. The molecular weight excluding hydrogens is 585 g/mol. The number of benzene rings is 7. The van der Waals surface area contributed by atoms with Crippen LogP contribution in [0.5, 0.6) is 0 Å². The Bertz CT molecular complexity index is 2750. The van der Waals surface area contributed by atoms with Crippen LogP contribution in [0, 0.1) is 22.7 Å². The summed E-state index contributed by atoms with van der Waals surface area (Å²) in [7, 11) is 0. The third-order valence-corrected chi connectivity index (χ3v) is 9.44. The fourth-order valence-electron chi connectivity index (χ4n) is 7.38. The Morgan fingerprint density at radius 2 is 0.917 bits per heavy atom. The zero-order valence-electron chi connectivity index (χ0n) is 25.8. The predicted octanol–water partition coefficient (Wildman–Crippen LogP) is 11.0. The van der Waals surface area contributed by atoms with Gasteiger partial charge in [-0.15, -0.1) is 0 Å². The number of nitrogens with zero attached hydrogens (tertiary/aromatic N) is 4. The number of fused-ring (bicyclic) bond motifs is 6. The van der Waals surface area contributed by atoms with Crippen LogP contribution in [-0.2, 0) is 0 Å². The average molecular weight is 611 g/mol. The second-order valence-electron chi connectivity index (χ2n) is 11.9. The van der Waals surface area contributed by atoms with Gasteiger partial charge in [-0.3, -0.25) is 0 Å². The fourth-order valence-corrected chi connectivity index (χ4v) is 7.38. The van der Waals surface area contributed by atoms with Gasteiger partial charge < -0.3 is 9.13 Å². The van der Waals surface area contributed by atoms with Crippen LogP contribution in [0.1, 0.15) is 11.1 Å². The molecule has 0 aliphatic carbocycles. The van der Waals surface area contributed by atoms with Gasteiger partial charge in [0.2, 0.25) is 0 Å². The lowest BCUT2D eigenvalue weighted by Crippen LogP contribution is -2.00. The molecule has 0 saturated heterocycles. The highest BCUT2D eigenvalue weighted by Crippen LogP contribution is 2.40. The molecule has 0 aliphatic rings. The van der Waals surface area contributed by atoms with Gasteiger partial charge in [-0.2, -0.15) is 10.5 Å². The van der Waals surface area contributed by atoms with Gasteiger partial charge in [0.1, 0.15) is 12.1 Å². The number of hydrogen-bond donors (Lipinski definition) is 0. The van der Waals surface area contributed by atoms with Crippen LogP contribution in [0.15, 0.2) is 158 Å². The molecule has 0 aliphatic heterocycles. The van der Waals surface area contributed by atoms with E-state index in [9.17, 15) is 10.5 Å².